The Hall–Kier alpha value is -1.36. The van der Waals surface area contributed by atoms with Crippen LogP contribution >= 0.6 is 0 Å². The van der Waals surface area contributed by atoms with Gasteiger partial charge >= 0.3 is 0 Å². The highest BCUT2D eigenvalue weighted by atomic mass is 16.2. The second kappa shape index (κ2) is 6.60. The molecule has 1 aromatic rings. The van der Waals surface area contributed by atoms with E-state index < -0.39 is 0 Å². The molecule has 1 aliphatic rings. The monoisotopic (exact) mass is 292 g/mol. The Labute approximate surface area is 127 Å². The van der Waals surface area contributed by atoms with Gasteiger partial charge in [0.15, 0.2) is 0 Å². The number of carbonyl (C=O) groups is 1. The Morgan fingerprint density at radius 3 is 2.90 bits per heavy atom. The van der Waals surface area contributed by atoms with Crippen LogP contribution in [0.3, 0.4) is 0 Å². The molecule has 0 N–H and O–H groups in total. The average Bonchev–Trinajstić information content (AvgIpc) is 3.02. The molecule has 2 rings (SSSR count). The molecule has 1 amide bonds. The Morgan fingerprint density at radius 2 is 2.29 bits per heavy atom. The van der Waals surface area contributed by atoms with Gasteiger partial charge in [0.25, 0.3) is 0 Å². The summed E-state index contributed by atoms with van der Waals surface area (Å²) in [6.45, 7) is 8.15. The van der Waals surface area contributed by atoms with Gasteiger partial charge in [0.05, 0.1) is 0 Å². The van der Waals surface area contributed by atoms with E-state index in [2.05, 4.69) is 35.3 Å². The van der Waals surface area contributed by atoms with Gasteiger partial charge in [-0.3, -0.25) is 4.79 Å². The lowest BCUT2D eigenvalue weighted by atomic mass is 9.89. The molecule has 1 fully saturated rings. The summed E-state index contributed by atoms with van der Waals surface area (Å²) < 4.78 is 2.08. The topological polar surface area (TPSA) is 41.4 Å². The van der Waals surface area contributed by atoms with E-state index in [-0.39, 0.29) is 11.3 Å². The van der Waals surface area contributed by atoms with Gasteiger partial charge in [-0.25, -0.2) is 4.98 Å². The second-order valence-corrected chi connectivity index (χ2v) is 6.69. The first kappa shape index (κ1) is 16.0. The minimum absolute atomic E-state index is 0.224. The van der Waals surface area contributed by atoms with Crippen LogP contribution in [0.25, 0.3) is 0 Å². The van der Waals surface area contributed by atoms with E-state index in [1.54, 1.807) is 0 Å². The van der Waals surface area contributed by atoms with Crippen LogP contribution in [0.4, 0.5) is 0 Å². The first-order chi connectivity index (χ1) is 9.93. The zero-order valence-electron chi connectivity index (χ0n) is 13.8. The number of likely N-dealkylation sites (tertiary alicyclic amines) is 1. The van der Waals surface area contributed by atoms with Crippen molar-refractivity contribution in [2.75, 3.05) is 33.7 Å². The van der Waals surface area contributed by atoms with E-state index >= 15 is 0 Å². The summed E-state index contributed by atoms with van der Waals surface area (Å²) in [5, 5.41) is 0. The predicted octanol–water partition coefficient (Wildman–Crippen LogP) is 1.64. The van der Waals surface area contributed by atoms with Crippen LogP contribution in [0.15, 0.2) is 12.4 Å². The third-order valence-electron chi connectivity index (χ3n) is 4.48. The van der Waals surface area contributed by atoms with Gasteiger partial charge in [-0.1, -0.05) is 13.8 Å². The van der Waals surface area contributed by atoms with Crippen molar-refractivity contribution in [1.82, 2.24) is 19.4 Å². The highest BCUT2D eigenvalue weighted by Crippen LogP contribution is 2.29. The lowest BCUT2D eigenvalue weighted by Crippen LogP contribution is -2.39. The quantitative estimate of drug-likeness (QED) is 0.800. The molecule has 0 unspecified atom stereocenters. The van der Waals surface area contributed by atoms with E-state index in [1.165, 1.54) is 6.42 Å². The number of hydrogen-bond donors (Lipinski definition) is 0. The summed E-state index contributed by atoms with van der Waals surface area (Å²) in [4.78, 5) is 20.9. The second-order valence-electron chi connectivity index (χ2n) is 6.69. The van der Waals surface area contributed by atoms with Gasteiger partial charge in [-0.05, 0) is 25.4 Å². The van der Waals surface area contributed by atoms with Crippen molar-refractivity contribution in [1.29, 1.82) is 0 Å². The molecule has 0 spiro atoms. The molecule has 5 heteroatoms. The smallest absolute Gasteiger partial charge is 0.224 e. The van der Waals surface area contributed by atoms with E-state index in [0.29, 0.717) is 6.42 Å². The molecular weight excluding hydrogens is 264 g/mol. The van der Waals surface area contributed by atoms with Crippen molar-refractivity contribution < 1.29 is 4.79 Å². The first-order valence-corrected chi connectivity index (χ1v) is 7.86. The number of hydrogen-bond acceptors (Lipinski definition) is 3. The number of nitrogens with zero attached hydrogens (tertiary/aromatic N) is 4. The molecule has 2 heterocycles. The molecule has 1 atom stereocenters. The summed E-state index contributed by atoms with van der Waals surface area (Å²) in [6.07, 6.45) is 6.39. The lowest BCUT2D eigenvalue weighted by molar-refractivity contribution is -0.131. The molecule has 21 heavy (non-hydrogen) atoms. The van der Waals surface area contributed by atoms with Crippen molar-refractivity contribution in [2.24, 2.45) is 5.41 Å². The summed E-state index contributed by atoms with van der Waals surface area (Å²) >= 11 is 0. The maximum atomic E-state index is 12.3. The Morgan fingerprint density at radius 1 is 1.52 bits per heavy atom. The molecule has 1 aliphatic heterocycles. The van der Waals surface area contributed by atoms with Crippen LogP contribution in [0, 0.1) is 5.41 Å². The van der Waals surface area contributed by atoms with E-state index in [0.717, 1.165) is 38.4 Å². The van der Waals surface area contributed by atoms with Gasteiger partial charge in [0.1, 0.15) is 5.82 Å². The first-order valence-electron chi connectivity index (χ1n) is 7.86. The van der Waals surface area contributed by atoms with Gasteiger partial charge in [0, 0.05) is 51.9 Å². The Kier molecular flexibility index (Phi) is 5.04. The fourth-order valence-corrected chi connectivity index (χ4v) is 3.33. The fourth-order valence-electron chi connectivity index (χ4n) is 3.33. The van der Waals surface area contributed by atoms with Crippen LogP contribution in [0.5, 0.6) is 0 Å². The minimum Gasteiger partial charge on any atom is -0.345 e. The lowest BCUT2D eigenvalue weighted by Gasteiger charge is -2.30. The molecule has 0 aliphatic carbocycles. The third kappa shape index (κ3) is 4.06. The number of rotatable bonds is 6. The maximum absolute atomic E-state index is 12.3. The van der Waals surface area contributed by atoms with Crippen LogP contribution < -0.4 is 0 Å². The zero-order chi connectivity index (χ0) is 15.5. The SMILES string of the molecule is CCc1nccn1CCC(=O)N(C)C[C@@]1(C)CCN(C)C1. The number of carbonyl (C=O) groups excluding carboxylic acids is 1. The molecule has 1 saturated heterocycles. The molecular formula is C16H28N4O. The van der Waals surface area contributed by atoms with E-state index in [9.17, 15) is 4.79 Å². The molecule has 0 radical (unpaired) electrons. The van der Waals surface area contributed by atoms with Crippen molar-refractivity contribution in [3.63, 3.8) is 0 Å². The van der Waals surface area contributed by atoms with Crippen molar-refractivity contribution in [2.45, 2.75) is 39.7 Å². The van der Waals surface area contributed by atoms with Gasteiger partial charge in [-0.2, -0.15) is 0 Å². The van der Waals surface area contributed by atoms with Crippen LogP contribution in [0.1, 0.15) is 32.5 Å². The largest absolute Gasteiger partial charge is 0.345 e. The van der Waals surface area contributed by atoms with Crippen molar-refractivity contribution >= 4 is 5.91 Å². The normalized spacial score (nSPS) is 22.7. The summed E-state index contributed by atoms with van der Waals surface area (Å²) in [5.41, 5.74) is 0.239. The van der Waals surface area contributed by atoms with Crippen LogP contribution in [-0.4, -0.2) is 59.0 Å². The van der Waals surface area contributed by atoms with Gasteiger partial charge in [-0.15, -0.1) is 0 Å². The molecule has 1 aromatic heterocycles. The van der Waals surface area contributed by atoms with Crippen LogP contribution in [0.2, 0.25) is 0 Å². The average molecular weight is 292 g/mol. The summed E-state index contributed by atoms with van der Waals surface area (Å²) in [6, 6.07) is 0. The third-order valence-corrected chi connectivity index (χ3v) is 4.48. The highest BCUT2D eigenvalue weighted by Gasteiger charge is 2.33. The number of amides is 1. The highest BCUT2D eigenvalue weighted by molar-refractivity contribution is 5.75. The molecule has 0 saturated carbocycles. The van der Waals surface area contributed by atoms with Crippen molar-refractivity contribution in [3.8, 4) is 0 Å². The van der Waals surface area contributed by atoms with Gasteiger partial charge in [0.2, 0.25) is 5.91 Å². The molecule has 5 nitrogen and oxygen atoms in total. The number of aryl methyl sites for hydroxylation is 2. The zero-order valence-corrected chi connectivity index (χ0v) is 13.8. The Bertz CT molecular complexity index is 484. The van der Waals surface area contributed by atoms with E-state index in [4.69, 9.17) is 0 Å². The Balaban J connectivity index is 1.83. The van der Waals surface area contributed by atoms with Crippen LogP contribution in [-0.2, 0) is 17.8 Å². The number of imidazole rings is 1. The summed E-state index contributed by atoms with van der Waals surface area (Å²) in [5.74, 6) is 1.27. The molecule has 0 bridgehead atoms. The standard InChI is InChI=1S/C16H28N4O/c1-5-14-17-8-11-20(14)9-6-15(21)19(4)13-16(2)7-10-18(3)12-16/h8,11H,5-7,9-10,12-13H2,1-4H3/t16-/m0/s1. The molecule has 118 valence electrons. The van der Waals surface area contributed by atoms with E-state index in [1.807, 2.05) is 24.3 Å². The summed E-state index contributed by atoms with van der Waals surface area (Å²) in [7, 11) is 4.08. The molecule has 0 aromatic carbocycles. The van der Waals surface area contributed by atoms with Gasteiger partial charge < -0.3 is 14.4 Å². The maximum Gasteiger partial charge on any atom is 0.224 e. The minimum atomic E-state index is 0.224. The fraction of sp³-hybridized carbons (Fsp3) is 0.750. The van der Waals surface area contributed by atoms with Crippen molar-refractivity contribution in [3.05, 3.63) is 18.2 Å². The number of aromatic nitrogens is 2. The predicted molar refractivity (Wildman–Crippen MR) is 84.1 cm³/mol.